The Bertz CT molecular complexity index is 726. The van der Waals surface area contributed by atoms with Crippen LogP contribution in [-0.4, -0.2) is 47.0 Å². The summed E-state index contributed by atoms with van der Waals surface area (Å²) in [7, 11) is 0. The van der Waals surface area contributed by atoms with Crippen molar-refractivity contribution in [2.45, 2.75) is 13.8 Å². The zero-order valence-electron chi connectivity index (χ0n) is 13.8. The maximum Gasteiger partial charge on any atom is 0.219 e. The van der Waals surface area contributed by atoms with Gasteiger partial charge in [-0.25, -0.2) is 9.97 Å². The largest absolute Gasteiger partial charge is 0.353 e. The number of aryl methyl sites for hydroxylation is 1. The fourth-order valence-corrected chi connectivity index (χ4v) is 2.84. The monoisotopic (exact) mass is 345 g/mol. The van der Waals surface area contributed by atoms with Crippen LogP contribution in [0.4, 0.5) is 17.3 Å². The third-order valence-corrected chi connectivity index (χ3v) is 4.24. The predicted molar refractivity (Wildman–Crippen MR) is 96.0 cm³/mol. The third-order valence-electron chi connectivity index (χ3n) is 3.99. The van der Waals surface area contributed by atoms with E-state index in [0.29, 0.717) is 10.8 Å². The van der Waals surface area contributed by atoms with Crippen molar-refractivity contribution in [3.63, 3.8) is 0 Å². The van der Waals surface area contributed by atoms with Gasteiger partial charge in [0.15, 0.2) is 0 Å². The Hall–Kier alpha value is -2.34. The average molecular weight is 346 g/mol. The summed E-state index contributed by atoms with van der Waals surface area (Å²) in [5.74, 6) is 2.45. The first-order chi connectivity index (χ1) is 11.5. The number of nitrogens with zero attached hydrogens (tertiary/aromatic N) is 4. The fraction of sp³-hybridized carbons (Fsp3) is 0.353. The average Bonchev–Trinajstić information content (AvgIpc) is 2.56. The molecule has 6 nitrogen and oxygen atoms in total. The minimum Gasteiger partial charge on any atom is -0.353 e. The molecule has 2 aromatic rings. The Morgan fingerprint density at radius 2 is 1.79 bits per heavy atom. The van der Waals surface area contributed by atoms with Gasteiger partial charge in [-0.1, -0.05) is 11.6 Å². The molecule has 1 aromatic heterocycles. The van der Waals surface area contributed by atoms with E-state index in [2.05, 4.69) is 20.2 Å². The van der Waals surface area contributed by atoms with Gasteiger partial charge in [0, 0.05) is 49.9 Å². The zero-order chi connectivity index (χ0) is 17.1. The van der Waals surface area contributed by atoms with E-state index in [1.807, 2.05) is 42.2 Å². The Morgan fingerprint density at radius 1 is 1.12 bits per heavy atom. The second-order valence-corrected chi connectivity index (χ2v) is 6.22. The summed E-state index contributed by atoms with van der Waals surface area (Å²) < 4.78 is 0. The molecule has 1 saturated heterocycles. The van der Waals surface area contributed by atoms with Crippen molar-refractivity contribution in [2.24, 2.45) is 0 Å². The summed E-state index contributed by atoms with van der Waals surface area (Å²) in [6, 6.07) is 9.42. The molecule has 0 atom stereocenters. The summed E-state index contributed by atoms with van der Waals surface area (Å²) in [5, 5.41) is 3.98. The summed E-state index contributed by atoms with van der Waals surface area (Å²) in [6.45, 7) is 6.48. The highest BCUT2D eigenvalue weighted by atomic mass is 35.5. The number of rotatable bonds is 3. The van der Waals surface area contributed by atoms with Gasteiger partial charge >= 0.3 is 0 Å². The summed E-state index contributed by atoms with van der Waals surface area (Å²) in [5.41, 5.74) is 0.921. The molecular weight excluding hydrogens is 326 g/mol. The number of hydrogen-bond donors (Lipinski definition) is 1. The molecule has 2 heterocycles. The van der Waals surface area contributed by atoms with Gasteiger partial charge in [0.1, 0.15) is 17.5 Å². The molecule has 0 bridgehead atoms. The van der Waals surface area contributed by atoms with Crippen LogP contribution in [0.3, 0.4) is 0 Å². The molecule has 0 aliphatic carbocycles. The van der Waals surface area contributed by atoms with Gasteiger partial charge in [-0.05, 0) is 31.2 Å². The molecule has 0 radical (unpaired) electrons. The number of hydrogen-bond acceptors (Lipinski definition) is 5. The van der Waals surface area contributed by atoms with Crippen LogP contribution in [0.2, 0.25) is 5.02 Å². The molecule has 1 aromatic carbocycles. The molecule has 1 fully saturated rings. The van der Waals surface area contributed by atoms with Crippen molar-refractivity contribution >= 4 is 34.8 Å². The van der Waals surface area contributed by atoms with E-state index in [4.69, 9.17) is 11.6 Å². The van der Waals surface area contributed by atoms with E-state index < -0.39 is 0 Å². The van der Waals surface area contributed by atoms with Crippen molar-refractivity contribution < 1.29 is 4.79 Å². The number of piperazine rings is 1. The van der Waals surface area contributed by atoms with Crippen LogP contribution >= 0.6 is 11.6 Å². The molecule has 1 aliphatic heterocycles. The topological polar surface area (TPSA) is 61.4 Å². The zero-order valence-corrected chi connectivity index (χ0v) is 14.5. The smallest absolute Gasteiger partial charge is 0.219 e. The number of halogens is 1. The molecule has 24 heavy (non-hydrogen) atoms. The molecule has 1 amide bonds. The number of nitrogens with one attached hydrogen (secondary N) is 1. The van der Waals surface area contributed by atoms with Crippen molar-refractivity contribution in [1.82, 2.24) is 14.9 Å². The Labute approximate surface area is 146 Å². The molecule has 1 N–H and O–H groups in total. The van der Waals surface area contributed by atoms with Crippen molar-refractivity contribution in [2.75, 3.05) is 36.4 Å². The molecule has 0 unspecified atom stereocenters. The van der Waals surface area contributed by atoms with Crippen LogP contribution in [-0.2, 0) is 4.79 Å². The highest BCUT2D eigenvalue weighted by molar-refractivity contribution is 6.30. The molecule has 0 saturated carbocycles. The highest BCUT2D eigenvalue weighted by Gasteiger charge is 2.20. The second-order valence-electron chi connectivity index (χ2n) is 5.78. The Balaban J connectivity index is 1.74. The lowest BCUT2D eigenvalue weighted by Crippen LogP contribution is -2.48. The van der Waals surface area contributed by atoms with E-state index >= 15 is 0 Å². The van der Waals surface area contributed by atoms with Gasteiger partial charge in [-0.15, -0.1) is 0 Å². The maximum atomic E-state index is 11.4. The standard InChI is InChI=1S/C17H20ClN5O/c1-12-19-16(21-15-5-3-14(18)4-6-15)11-17(20-12)23-9-7-22(8-10-23)13(2)24/h3-6,11H,7-10H2,1-2H3,(H,19,20,21). The lowest BCUT2D eigenvalue weighted by molar-refractivity contribution is -0.129. The number of benzene rings is 1. The van der Waals surface area contributed by atoms with Gasteiger partial charge in [-0.2, -0.15) is 0 Å². The normalized spacial score (nSPS) is 14.6. The van der Waals surface area contributed by atoms with Crippen LogP contribution in [0.15, 0.2) is 30.3 Å². The maximum absolute atomic E-state index is 11.4. The number of carbonyl (C=O) groups excluding carboxylic acids is 1. The van der Waals surface area contributed by atoms with Crippen molar-refractivity contribution in [1.29, 1.82) is 0 Å². The van der Waals surface area contributed by atoms with Gasteiger partial charge in [-0.3, -0.25) is 4.79 Å². The second kappa shape index (κ2) is 7.05. The minimum absolute atomic E-state index is 0.124. The lowest BCUT2D eigenvalue weighted by atomic mass is 10.3. The van der Waals surface area contributed by atoms with E-state index in [1.54, 1.807) is 6.92 Å². The minimum atomic E-state index is 0.124. The first-order valence-corrected chi connectivity index (χ1v) is 8.28. The molecule has 0 spiro atoms. The number of aromatic nitrogens is 2. The SMILES string of the molecule is CC(=O)N1CCN(c2cc(Nc3ccc(Cl)cc3)nc(C)n2)CC1. The van der Waals surface area contributed by atoms with Crippen molar-refractivity contribution in [3.8, 4) is 0 Å². The number of amides is 1. The first-order valence-electron chi connectivity index (χ1n) is 7.90. The van der Waals surface area contributed by atoms with Gasteiger partial charge in [0.05, 0.1) is 0 Å². The van der Waals surface area contributed by atoms with Gasteiger partial charge in [0.2, 0.25) is 5.91 Å². The predicted octanol–water partition coefficient (Wildman–Crippen LogP) is 2.85. The summed E-state index contributed by atoms with van der Waals surface area (Å²) in [6.07, 6.45) is 0. The Kier molecular flexibility index (Phi) is 4.85. The van der Waals surface area contributed by atoms with Gasteiger partial charge < -0.3 is 15.1 Å². The van der Waals surface area contributed by atoms with E-state index in [-0.39, 0.29) is 5.91 Å². The molecule has 1 aliphatic rings. The lowest BCUT2D eigenvalue weighted by Gasteiger charge is -2.35. The highest BCUT2D eigenvalue weighted by Crippen LogP contribution is 2.22. The van der Waals surface area contributed by atoms with E-state index in [0.717, 1.165) is 43.5 Å². The van der Waals surface area contributed by atoms with Gasteiger partial charge in [0.25, 0.3) is 0 Å². The van der Waals surface area contributed by atoms with E-state index in [1.165, 1.54) is 0 Å². The number of carbonyl (C=O) groups is 1. The van der Waals surface area contributed by atoms with Crippen LogP contribution in [0, 0.1) is 6.92 Å². The third kappa shape index (κ3) is 3.94. The summed E-state index contributed by atoms with van der Waals surface area (Å²) >= 11 is 5.91. The molecule has 7 heteroatoms. The number of anilines is 3. The fourth-order valence-electron chi connectivity index (χ4n) is 2.71. The van der Waals surface area contributed by atoms with Crippen molar-refractivity contribution in [3.05, 3.63) is 41.2 Å². The molecule has 3 rings (SSSR count). The quantitative estimate of drug-likeness (QED) is 0.926. The van der Waals surface area contributed by atoms with Crippen LogP contribution in [0.25, 0.3) is 0 Å². The van der Waals surface area contributed by atoms with Crippen LogP contribution in [0.1, 0.15) is 12.7 Å². The first kappa shape index (κ1) is 16.5. The van der Waals surface area contributed by atoms with Crippen LogP contribution in [0.5, 0.6) is 0 Å². The Morgan fingerprint density at radius 3 is 2.42 bits per heavy atom. The van der Waals surface area contributed by atoms with E-state index in [9.17, 15) is 4.79 Å². The molecule has 126 valence electrons. The summed E-state index contributed by atoms with van der Waals surface area (Å²) in [4.78, 5) is 24.5. The molecular formula is C17H20ClN5O. The van der Waals surface area contributed by atoms with Crippen LogP contribution < -0.4 is 10.2 Å².